The van der Waals surface area contributed by atoms with Crippen molar-refractivity contribution in [1.29, 1.82) is 0 Å². The van der Waals surface area contributed by atoms with Gasteiger partial charge in [-0.05, 0) is 41.3 Å². The number of rotatable bonds is 7. The Morgan fingerprint density at radius 1 is 0.771 bits per heavy atom. The fourth-order valence-corrected chi connectivity index (χ4v) is 4.82. The Morgan fingerprint density at radius 2 is 1.40 bits per heavy atom. The van der Waals surface area contributed by atoms with E-state index in [1.807, 2.05) is 42.5 Å². The molecule has 0 aliphatic rings. The number of aliphatic carboxylic acids is 1. The van der Waals surface area contributed by atoms with Gasteiger partial charge in [0.2, 0.25) is 5.91 Å². The molecule has 6 heteroatoms. The van der Waals surface area contributed by atoms with Gasteiger partial charge in [-0.25, -0.2) is 4.79 Å². The van der Waals surface area contributed by atoms with E-state index >= 15 is 0 Å². The maximum absolute atomic E-state index is 12.3. The molecule has 0 saturated carbocycles. The second kappa shape index (κ2) is 9.08. The van der Waals surface area contributed by atoms with Gasteiger partial charge in [-0.3, -0.25) is 4.79 Å². The van der Waals surface area contributed by atoms with E-state index in [4.69, 9.17) is 5.73 Å². The molecule has 6 nitrogen and oxygen atoms in total. The number of carboxylic acid groups (broad SMARTS) is 1. The minimum Gasteiger partial charge on any atom is -0.479 e. The molecule has 0 aliphatic carbocycles. The van der Waals surface area contributed by atoms with Crippen molar-refractivity contribution in [2.75, 3.05) is 0 Å². The smallest absolute Gasteiger partial charge is 0.337 e. The molecule has 35 heavy (non-hydrogen) atoms. The highest BCUT2D eigenvalue weighted by Gasteiger charge is 2.25. The van der Waals surface area contributed by atoms with E-state index in [1.54, 1.807) is 24.3 Å². The standard InChI is InChI=1S/C29H24N2O4/c30-28(33)22-13-7-15-24-26(22)25-21(27(32)29(34)35)12-6-14-23(25)31(24)17-20-11-5-4-10-19(20)16-18-8-2-1-3-9-18/h1-15,27,32H,16-17H2,(H2,30,33)(H,34,35). The zero-order valence-electron chi connectivity index (χ0n) is 18.9. The van der Waals surface area contributed by atoms with E-state index in [9.17, 15) is 19.8 Å². The van der Waals surface area contributed by atoms with Crippen LogP contribution in [0.3, 0.4) is 0 Å². The lowest BCUT2D eigenvalue weighted by molar-refractivity contribution is -0.146. The Hall–Kier alpha value is -4.42. The molecule has 5 rings (SSSR count). The highest BCUT2D eigenvalue weighted by atomic mass is 16.4. The number of hydrogen-bond acceptors (Lipinski definition) is 3. The number of primary amides is 1. The van der Waals surface area contributed by atoms with Crippen LogP contribution in [0.2, 0.25) is 0 Å². The molecule has 4 aromatic carbocycles. The van der Waals surface area contributed by atoms with E-state index < -0.39 is 18.0 Å². The first-order chi connectivity index (χ1) is 17.0. The second-order valence-corrected chi connectivity index (χ2v) is 8.56. The minimum atomic E-state index is -1.73. The summed E-state index contributed by atoms with van der Waals surface area (Å²) in [6.07, 6.45) is -0.965. The Labute approximate surface area is 201 Å². The summed E-state index contributed by atoms with van der Waals surface area (Å²) in [5.74, 6) is -1.97. The van der Waals surface area contributed by atoms with Gasteiger partial charge in [0, 0.05) is 34.0 Å². The quantitative estimate of drug-likeness (QED) is 0.326. The Bertz CT molecular complexity index is 1570. The first kappa shape index (κ1) is 22.4. The van der Waals surface area contributed by atoms with E-state index in [-0.39, 0.29) is 11.1 Å². The molecule has 0 fully saturated rings. The van der Waals surface area contributed by atoms with Gasteiger partial charge < -0.3 is 20.5 Å². The maximum atomic E-state index is 12.3. The molecule has 1 amide bonds. The van der Waals surface area contributed by atoms with E-state index in [2.05, 4.69) is 28.8 Å². The van der Waals surface area contributed by atoms with Crippen LogP contribution in [0.1, 0.15) is 38.7 Å². The summed E-state index contributed by atoms with van der Waals surface area (Å²) in [4.78, 5) is 24.0. The van der Waals surface area contributed by atoms with Crippen LogP contribution in [0.15, 0.2) is 91.0 Å². The van der Waals surface area contributed by atoms with Crippen molar-refractivity contribution in [2.24, 2.45) is 5.73 Å². The number of nitrogens with zero attached hydrogens (tertiary/aromatic N) is 1. The number of carboxylic acids is 1. The molecule has 174 valence electrons. The molecule has 1 atom stereocenters. The number of hydrogen-bond donors (Lipinski definition) is 3. The van der Waals surface area contributed by atoms with Crippen LogP contribution in [0.4, 0.5) is 0 Å². The van der Waals surface area contributed by atoms with Crippen molar-refractivity contribution in [3.63, 3.8) is 0 Å². The third-order valence-corrected chi connectivity index (χ3v) is 6.43. The SMILES string of the molecule is NC(=O)c1cccc2c1c1c(C(O)C(=O)O)cccc1n2Cc1ccccc1Cc1ccccc1. The molecule has 1 aromatic heterocycles. The van der Waals surface area contributed by atoms with Crippen molar-refractivity contribution in [1.82, 2.24) is 4.57 Å². The van der Waals surface area contributed by atoms with Crippen molar-refractivity contribution in [3.8, 4) is 0 Å². The number of amides is 1. The van der Waals surface area contributed by atoms with Crippen molar-refractivity contribution < 1.29 is 19.8 Å². The summed E-state index contributed by atoms with van der Waals surface area (Å²) >= 11 is 0. The van der Waals surface area contributed by atoms with Gasteiger partial charge >= 0.3 is 5.97 Å². The van der Waals surface area contributed by atoms with Crippen LogP contribution >= 0.6 is 0 Å². The van der Waals surface area contributed by atoms with Crippen molar-refractivity contribution in [3.05, 3.63) is 119 Å². The van der Waals surface area contributed by atoms with Crippen LogP contribution in [-0.4, -0.2) is 26.7 Å². The minimum absolute atomic E-state index is 0.227. The number of carbonyl (C=O) groups is 2. The summed E-state index contributed by atoms with van der Waals surface area (Å²) in [5.41, 5.74) is 11.2. The summed E-state index contributed by atoms with van der Waals surface area (Å²) < 4.78 is 2.05. The van der Waals surface area contributed by atoms with Gasteiger partial charge in [-0.1, -0.05) is 72.8 Å². The zero-order valence-corrected chi connectivity index (χ0v) is 18.9. The lowest BCUT2D eigenvalue weighted by atomic mass is 9.99. The number of aromatic nitrogens is 1. The van der Waals surface area contributed by atoms with Gasteiger partial charge in [0.15, 0.2) is 6.10 Å². The fraction of sp³-hybridized carbons (Fsp3) is 0.103. The Kier molecular flexibility index (Phi) is 5.81. The molecule has 0 aliphatic heterocycles. The molecule has 0 saturated heterocycles. The lowest BCUT2D eigenvalue weighted by Crippen LogP contribution is -2.12. The first-order valence-electron chi connectivity index (χ1n) is 11.3. The van der Waals surface area contributed by atoms with Gasteiger partial charge in [-0.15, -0.1) is 0 Å². The van der Waals surface area contributed by atoms with E-state index in [0.717, 1.165) is 23.0 Å². The topological polar surface area (TPSA) is 106 Å². The monoisotopic (exact) mass is 464 g/mol. The third kappa shape index (κ3) is 4.05. The largest absolute Gasteiger partial charge is 0.479 e. The van der Waals surface area contributed by atoms with E-state index in [0.29, 0.717) is 17.3 Å². The Morgan fingerprint density at radius 3 is 2.09 bits per heavy atom. The second-order valence-electron chi connectivity index (χ2n) is 8.56. The van der Waals surface area contributed by atoms with Crippen LogP contribution in [0.25, 0.3) is 21.8 Å². The summed E-state index contributed by atoms with van der Waals surface area (Å²) in [7, 11) is 0. The maximum Gasteiger partial charge on any atom is 0.337 e. The summed E-state index contributed by atoms with van der Waals surface area (Å²) in [5, 5.41) is 21.1. The number of carbonyl (C=O) groups excluding carboxylic acids is 1. The molecule has 0 radical (unpaired) electrons. The molecule has 4 N–H and O–H groups in total. The van der Waals surface area contributed by atoms with Crippen LogP contribution in [0, 0.1) is 0 Å². The number of fused-ring (bicyclic) bond motifs is 3. The normalized spacial score (nSPS) is 12.1. The average Bonchev–Trinajstić information content (AvgIpc) is 3.19. The molecular formula is C29H24N2O4. The number of aliphatic hydroxyl groups excluding tert-OH is 1. The summed E-state index contributed by atoms with van der Waals surface area (Å²) in [6, 6.07) is 28.8. The molecule has 1 unspecified atom stereocenters. The Balaban J connectivity index is 1.74. The molecule has 0 bridgehead atoms. The van der Waals surface area contributed by atoms with Crippen molar-refractivity contribution >= 4 is 33.7 Å². The van der Waals surface area contributed by atoms with Crippen molar-refractivity contribution in [2.45, 2.75) is 19.1 Å². The first-order valence-corrected chi connectivity index (χ1v) is 11.3. The zero-order chi connectivity index (χ0) is 24.5. The predicted molar refractivity (Wildman–Crippen MR) is 135 cm³/mol. The van der Waals surface area contributed by atoms with Gasteiger partial charge in [0.25, 0.3) is 0 Å². The summed E-state index contributed by atoms with van der Waals surface area (Å²) in [6.45, 7) is 0.498. The third-order valence-electron chi connectivity index (χ3n) is 6.43. The molecule has 5 aromatic rings. The van der Waals surface area contributed by atoms with Crippen LogP contribution in [0.5, 0.6) is 0 Å². The van der Waals surface area contributed by atoms with Crippen LogP contribution in [-0.2, 0) is 17.8 Å². The van der Waals surface area contributed by atoms with Gasteiger partial charge in [-0.2, -0.15) is 0 Å². The number of aliphatic hydroxyl groups is 1. The van der Waals surface area contributed by atoms with Gasteiger partial charge in [0.1, 0.15) is 0 Å². The van der Waals surface area contributed by atoms with Gasteiger partial charge in [0.05, 0.1) is 5.52 Å². The van der Waals surface area contributed by atoms with E-state index in [1.165, 1.54) is 11.1 Å². The lowest BCUT2D eigenvalue weighted by Gasteiger charge is -2.13. The average molecular weight is 465 g/mol. The molecular weight excluding hydrogens is 440 g/mol. The molecule has 1 heterocycles. The van der Waals surface area contributed by atoms with Crippen LogP contribution < -0.4 is 5.73 Å². The molecule has 0 spiro atoms. The predicted octanol–water partition coefficient (Wildman–Crippen LogP) is 4.65. The highest BCUT2D eigenvalue weighted by Crippen LogP contribution is 2.37. The highest BCUT2D eigenvalue weighted by molar-refractivity contribution is 6.19. The number of nitrogens with two attached hydrogens (primary N) is 1. The number of benzene rings is 4. The fourth-order valence-electron chi connectivity index (χ4n) is 4.82.